The van der Waals surface area contributed by atoms with Crippen molar-refractivity contribution in [3.8, 4) is 0 Å². The number of hydrogen-bond acceptors (Lipinski definition) is 3. The van der Waals surface area contributed by atoms with E-state index in [4.69, 9.17) is 4.74 Å². The van der Waals surface area contributed by atoms with Crippen molar-refractivity contribution >= 4 is 5.91 Å². The van der Waals surface area contributed by atoms with Crippen molar-refractivity contribution in [3.05, 3.63) is 70.3 Å². The fraction of sp³-hybridized carbons (Fsp3) is 0.500. The minimum atomic E-state index is -0.275. The van der Waals surface area contributed by atoms with Crippen LogP contribution < -0.4 is 0 Å². The summed E-state index contributed by atoms with van der Waals surface area (Å²) in [6.07, 6.45) is 2.79. The lowest BCUT2D eigenvalue weighted by atomic mass is 9.85. The molecule has 2 unspecified atom stereocenters. The van der Waals surface area contributed by atoms with Crippen LogP contribution in [0.5, 0.6) is 0 Å². The quantitative estimate of drug-likeness (QED) is 0.657. The molecule has 2 aliphatic heterocycles. The number of nitrogens with zero attached hydrogens (tertiary/aromatic N) is 2. The Morgan fingerprint density at radius 2 is 1.84 bits per heavy atom. The third-order valence-corrected chi connectivity index (χ3v) is 6.82. The zero-order valence-corrected chi connectivity index (χ0v) is 18.9. The Kier molecular flexibility index (Phi) is 7.21. The first-order chi connectivity index (χ1) is 15.4. The van der Waals surface area contributed by atoms with Crippen molar-refractivity contribution in [2.45, 2.75) is 51.7 Å². The summed E-state index contributed by atoms with van der Waals surface area (Å²) < 4.78 is 34.5. The van der Waals surface area contributed by atoms with Crippen LogP contribution in [0.25, 0.3) is 0 Å². The lowest BCUT2D eigenvalue weighted by molar-refractivity contribution is -0.135. The van der Waals surface area contributed by atoms with E-state index in [1.807, 2.05) is 17.9 Å². The zero-order chi connectivity index (χ0) is 22.7. The number of amides is 1. The summed E-state index contributed by atoms with van der Waals surface area (Å²) in [5.74, 6) is -0.455. The largest absolute Gasteiger partial charge is 0.373 e. The van der Waals surface area contributed by atoms with Crippen molar-refractivity contribution in [3.63, 3.8) is 0 Å². The highest BCUT2D eigenvalue weighted by atomic mass is 19.1. The minimum Gasteiger partial charge on any atom is -0.373 e. The summed E-state index contributed by atoms with van der Waals surface area (Å²) in [6.45, 7) is 7.37. The van der Waals surface area contributed by atoms with Gasteiger partial charge < -0.3 is 9.64 Å². The molecule has 0 spiro atoms. The van der Waals surface area contributed by atoms with E-state index in [0.717, 1.165) is 37.1 Å². The molecule has 4 nitrogen and oxygen atoms in total. The van der Waals surface area contributed by atoms with Crippen molar-refractivity contribution < 1.29 is 18.3 Å². The maximum atomic E-state index is 14.5. The van der Waals surface area contributed by atoms with Gasteiger partial charge >= 0.3 is 0 Å². The van der Waals surface area contributed by atoms with E-state index in [9.17, 15) is 13.6 Å². The van der Waals surface area contributed by atoms with Gasteiger partial charge in [-0.2, -0.15) is 0 Å². The summed E-state index contributed by atoms with van der Waals surface area (Å²) in [7, 11) is 0. The molecule has 2 fully saturated rings. The Bertz CT molecular complexity index is 959. The van der Waals surface area contributed by atoms with Gasteiger partial charge in [0, 0.05) is 24.6 Å². The maximum Gasteiger partial charge on any atom is 0.236 e. The highest BCUT2D eigenvalue weighted by molar-refractivity contribution is 5.78. The molecule has 6 heteroatoms. The number of ether oxygens (including phenoxy) is 1. The number of halogens is 2. The van der Waals surface area contributed by atoms with Gasteiger partial charge in [0.25, 0.3) is 0 Å². The molecule has 0 radical (unpaired) electrons. The monoisotopic (exact) mass is 442 g/mol. The van der Waals surface area contributed by atoms with Crippen LogP contribution in [0.4, 0.5) is 8.78 Å². The number of likely N-dealkylation sites (tertiary alicyclic amines) is 2. The SMILES string of the molecule is Cc1cc(F)ccc1C1CN(C(=O)CN2CCCC2)CCC1OCc1cccc(C)c1F. The molecule has 32 heavy (non-hydrogen) atoms. The third kappa shape index (κ3) is 5.18. The molecule has 2 aromatic rings. The molecular weight excluding hydrogens is 410 g/mol. The van der Waals surface area contributed by atoms with Crippen LogP contribution in [0, 0.1) is 25.5 Å². The first-order valence-electron chi connectivity index (χ1n) is 11.5. The molecule has 2 aliphatic rings. The summed E-state index contributed by atoms with van der Waals surface area (Å²) in [4.78, 5) is 17.1. The van der Waals surface area contributed by atoms with Crippen molar-refractivity contribution in [2.75, 3.05) is 32.7 Å². The van der Waals surface area contributed by atoms with Crippen LogP contribution in [0.3, 0.4) is 0 Å². The molecule has 0 bridgehead atoms. The standard InChI is InChI=1S/C26H32F2N2O2/c1-18-6-5-7-20(26(18)28)17-32-24-10-13-30(25(31)16-29-11-3-4-12-29)15-23(24)22-9-8-21(27)14-19(22)2/h5-9,14,23-24H,3-4,10-13,15-17H2,1-2H3. The first-order valence-corrected chi connectivity index (χ1v) is 11.5. The Labute approximate surface area is 189 Å². The minimum absolute atomic E-state index is 0.0836. The van der Waals surface area contributed by atoms with Crippen LogP contribution in [-0.4, -0.2) is 54.5 Å². The van der Waals surface area contributed by atoms with E-state index < -0.39 is 0 Å². The van der Waals surface area contributed by atoms with E-state index in [2.05, 4.69) is 4.90 Å². The fourth-order valence-corrected chi connectivity index (χ4v) is 4.96. The van der Waals surface area contributed by atoms with E-state index in [-0.39, 0.29) is 36.2 Å². The summed E-state index contributed by atoms with van der Waals surface area (Å²) in [6, 6.07) is 10.1. The molecule has 2 aromatic carbocycles. The fourth-order valence-electron chi connectivity index (χ4n) is 4.96. The smallest absolute Gasteiger partial charge is 0.236 e. The van der Waals surface area contributed by atoms with Crippen molar-refractivity contribution in [1.29, 1.82) is 0 Å². The van der Waals surface area contributed by atoms with Crippen LogP contribution >= 0.6 is 0 Å². The highest BCUT2D eigenvalue weighted by Crippen LogP contribution is 2.33. The van der Waals surface area contributed by atoms with Gasteiger partial charge in [-0.15, -0.1) is 0 Å². The summed E-state index contributed by atoms with van der Waals surface area (Å²) in [5.41, 5.74) is 2.96. The second-order valence-electron chi connectivity index (χ2n) is 9.12. The average Bonchev–Trinajstić information content (AvgIpc) is 3.28. The van der Waals surface area contributed by atoms with Crippen molar-refractivity contribution in [2.24, 2.45) is 0 Å². The van der Waals surface area contributed by atoms with Crippen LogP contribution in [0.1, 0.15) is 47.4 Å². The highest BCUT2D eigenvalue weighted by Gasteiger charge is 2.34. The predicted molar refractivity (Wildman–Crippen MR) is 120 cm³/mol. The maximum absolute atomic E-state index is 14.5. The summed E-state index contributed by atoms with van der Waals surface area (Å²) in [5, 5.41) is 0. The van der Waals surface area contributed by atoms with Gasteiger partial charge in [-0.25, -0.2) is 8.78 Å². The van der Waals surface area contributed by atoms with Crippen LogP contribution in [0.15, 0.2) is 36.4 Å². The number of rotatable bonds is 6. The topological polar surface area (TPSA) is 32.8 Å². The second kappa shape index (κ2) is 10.1. The second-order valence-corrected chi connectivity index (χ2v) is 9.12. The molecule has 2 saturated heterocycles. The van der Waals surface area contributed by atoms with Gasteiger partial charge in [0.1, 0.15) is 11.6 Å². The molecule has 4 rings (SSSR count). The molecule has 0 aliphatic carbocycles. The Hall–Kier alpha value is -2.31. The van der Waals surface area contributed by atoms with E-state index >= 15 is 0 Å². The number of carbonyl (C=O) groups is 1. The van der Waals surface area contributed by atoms with E-state index in [1.54, 1.807) is 25.1 Å². The molecule has 1 amide bonds. The molecule has 172 valence electrons. The van der Waals surface area contributed by atoms with Gasteiger partial charge in [0.15, 0.2) is 0 Å². The lowest BCUT2D eigenvalue weighted by Crippen LogP contribution is -2.48. The molecule has 0 N–H and O–H groups in total. The van der Waals surface area contributed by atoms with Crippen LogP contribution in [-0.2, 0) is 16.1 Å². The van der Waals surface area contributed by atoms with Gasteiger partial charge in [-0.05, 0) is 75.0 Å². The van der Waals surface area contributed by atoms with Gasteiger partial charge in [-0.3, -0.25) is 9.69 Å². The normalized spacial score (nSPS) is 21.8. The molecular formula is C26H32F2N2O2. The van der Waals surface area contributed by atoms with Crippen molar-refractivity contribution in [1.82, 2.24) is 9.80 Å². The number of benzene rings is 2. The van der Waals surface area contributed by atoms with Gasteiger partial charge in [-0.1, -0.05) is 24.3 Å². The van der Waals surface area contributed by atoms with Crippen LogP contribution in [0.2, 0.25) is 0 Å². The predicted octanol–water partition coefficient (Wildman–Crippen LogP) is 4.58. The number of hydrogen-bond donors (Lipinski definition) is 0. The molecule has 2 heterocycles. The Balaban J connectivity index is 1.51. The number of aryl methyl sites for hydroxylation is 2. The molecule has 0 aromatic heterocycles. The number of carbonyl (C=O) groups excluding carboxylic acids is 1. The lowest BCUT2D eigenvalue weighted by Gasteiger charge is -2.40. The number of piperidine rings is 1. The Morgan fingerprint density at radius 1 is 1.06 bits per heavy atom. The van der Waals surface area contributed by atoms with Gasteiger partial charge in [0.2, 0.25) is 5.91 Å². The Morgan fingerprint density at radius 3 is 2.59 bits per heavy atom. The van der Waals surface area contributed by atoms with E-state index in [1.165, 1.54) is 12.1 Å². The average molecular weight is 443 g/mol. The molecule has 2 atom stereocenters. The summed E-state index contributed by atoms with van der Waals surface area (Å²) >= 11 is 0. The third-order valence-electron chi connectivity index (χ3n) is 6.82. The molecule has 0 saturated carbocycles. The van der Waals surface area contributed by atoms with E-state index in [0.29, 0.717) is 37.2 Å². The zero-order valence-electron chi connectivity index (χ0n) is 18.9. The van der Waals surface area contributed by atoms with Gasteiger partial charge in [0.05, 0.1) is 19.3 Å². The first kappa shape index (κ1) is 22.9.